The van der Waals surface area contributed by atoms with Gasteiger partial charge in [-0.2, -0.15) is 0 Å². The number of nitrogens with two attached hydrogens (primary N) is 6. The first-order valence-electron chi connectivity index (χ1n) is 12.5. The molecule has 0 radical (unpaired) electrons. The molecule has 0 aromatic rings. The lowest BCUT2D eigenvalue weighted by molar-refractivity contribution is 0.234. The van der Waals surface area contributed by atoms with Crippen LogP contribution in [-0.2, 0) is 0 Å². The SMILES string of the molecule is NCC(N)CCCCNC(=O)NCC(N)CCCCNC(=O)NCC(CCCN=C(N)N)NC(N)=O. The summed E-state index contributed by atoms with van der Waals surface area (Å²) in [6, 6.07) is -1.75. The lowest BCUT2D eigenvalue weighted by Gasteiger charge is -2.18. The molecular weight excluding hydrogens is 468 g/mol. The monoisotopic (exact) mass is 516 g/mol. The molecule has 36 heavy (non-hydrogen) atoms. The van der Waals surface area contributed by atoms with E-state index in [2.05, 4.69) is 31.6 Å². The number of primary amides is 1. The molecule has 0 saturated heterocycles. The maximum atomic E-state index is 12.0. The highest BCUT2D eigenvalue weighted by atomic mass is 16.2. The number of hydrogen-bond acceptors (Lipinski definition) is 7. The van der Waals surface area contributed by atoms with Crippen molar-refractivity contribution in [1.29, 1.82) is 0 Å². The normalized spacial score (nSPS) is 13.1. The van der Waals surface area contributed by atoms with Crippen molar-refractivity contribution in [3.63, 3.8) is 0 Å². The summed E-state index contributed by atoms with van der Waals surface area (Å²) in [6.07, 6.45) is 6.01. The Morgan fingerprint density at radius 3 is 1.78 bits per heavy atom. The number of rotatable bonds is 20. The predicted molar refractivity (Wildman–Crippen MR) is 142 cm³/mol. The van der Waals surface area contributed by atoms with Crippen LogP contribution in [0, 0.1) is 0 Å². The second-order valence-electron chi connectivity index (χ2n) is 8.68. The summed E-state index contributed by atoms with van der Waals surface area (Å²) in [5.41, 5.74) is 33.0. The molecule has 0 saturated carbocycles. The maximum Gasteiger partial charge on any atom is 0.314 e. The van der Waals surface area contributed by atoms with Gasteiger partial charge in [0.25, 0.3) is 0 Å². The van der Waals surface area contributed by atoms with E-state index in [4.69, 9.17) is 34.4 Å². The average Bonchev–Trinajstić information content (AvgIpc) is 2.82. The van der Waals surface area contributed by atoms with Crippen molar-refractivity contribution < 1.29 is 14.4 Å². The van der Waals surface area contributed by atoms with E-state index in [1.807, 2.05) is 0 Å². The second kappa shape index (κ2) is 21.3. The largest absolute Gasteiger partial charge is 0.370 e. The lowest BCUT2D eigenvalue weighted by Crippen LogP contribution is -2.48. The summed E-state index contributed by atoms with van der Waals surface area (Å²) >= 11 is 0. The van der Waals surface area contributed by atoms with E-state index in [-0.39, 0.29) is 42.7 Å². The molecule has 0 heterocycles. The van der Waals surface area contributed by atoms with Crippen molar-refractivity contribution in [3.8, 4) is 0 Å². The smallest absolute Gasteiger partial charge is 0.314 e. The van der Waals surface area contributed by atoms with Gasteiger partial charge in [-0.1, -0.05) is 12.8 Å². The van der Waals surface area contributed by atoms with Crippen LogP contribution in [0.4, 0.5) is 14.4 Å². The molecule has 0 fully saturated rings. The Kier molecular flexibility index (Phi) is 19.5. The van der Waals surface area contributed by atoms with Crippen molar-refractivity contribution in [2.75, 3.05) is 39.3 Å². The Morgan fingerprint density at radius 1 is 0.694 bits per heavy atom. The molecule has 0 spiro atoms. The first-order valence-corrected chi connectivity index (χ1v) is 12.5. The molecule has 17 N–H and O–H groups in total. The lowest BCUT2D eigenvalue weighted by atomic mass is 10.1. The van der Waals surface area contributed by atoms with Gasteiger partial charge in [0, 0.05) is 57.4 Å². The van der Waals surface area contributed by atoms with Crippen LogP contribution in [0.5, 0.6) is 0 Å². The number of carbonyl (C=O) groups excluding carboxylic acids is 3. The Hall–Kier alpha value is -3.04. The quantitative estimate of drug-likeness (QED) is 0.0471. The molecule has 0 aromatic carbocycles. The molecule has 0 aromatic heterocycles. The molecule has 0 aliphatic rings. The number of carbonyl (C=O) groups is 3. The van der Waals surface area contributed by atoms with Gasteiger partial charge in [0.05, 0.1) is 0 Å². The first-order chi connectivity index (χ1) is 17.1. The molecule has 3 unspecified atom stereocenters. The fourth-order valence-corrected chi connectivity index (χ4v) is 3.22. The molecular formula is C21H48N12O3. The van der Waals surface area contributed by atoms with E-state index in [0.717, 1.165) is 32.1 Å². The van der Waals surface area contributed by atoms with E-state index >= 15 is 0 Å². The topological polar surface area (TPSA) is 280 Å². The highest BCUT2D eigenvalue weighted by Crippen LogP contribution is 1.99. The minimum Gasteiger partial charge on any atom is -0.370 e. The molecule has 0 aliphatic carbocycles. The molecule has 3 atom stereocenters. The number of urea groups is 3. The van der Waals surface area contributed by atoms with Crippen LogP contribution in [-0.4, -0.2) is 81.4 Å². The van der Waals surface area contributed by atoms with Gasteiger partial charge in [-0.15, -0.1) is 0 Å². The van der Waals surface area contributed by atoms with Crippen LogP contribution >= 0.6 is 0 Å². The zero-order valence-corrected chi connectivity index (χ0v) is 21.3. The van der Waals surface area contributed by atoms with Gasteiger partial charge in [0.1, 0.15) is 0 Å². The van der Waals surface area contributed by atoms with E-state index in [1.165, 1.54) is 0 Å². The van der Waals surface area contributed by atoms with Gasteiger partial charge in [0.15, 0.2) is 5.96 Å². The molecule has 210 valence electrons. The summed E-state index contributed by atoms with van der Waals surface area (Å²) in [6.45, 7) is 2.52. The van der Waals surface area contributed by atoms with Crippen molar-refractivity contribution in [1.82, 2.24) is 26.6 Å². The van der Waals surface area contributed by atoms with Crippen LogP contribution < -0.4 is 61.0 Å². The van der Waals surface area contributed by atoms with Crippen molar-refractivity contribution >= 4 is 24.1 Å². The molecule has 0 aliphatic heterocycles. The van der Waals surface area contributed by atoms with Crippen LogP contribution in [0.1, 0.15) is 51.4 Å². The molecule has 6 amide bonds. The van der Waals surface area contributed by atoms with Gasteiger partial charge in [-0.25, -0.2) is 14.4 Å². The van der Waals surface area contributed by atoms with E-state index < -0.39 is 6.03 Å². The van der Waals surface area contributed by atoms with E-state index in [0.29, 0.717) is 52.0 Å². The third-order valence-electron chi connectivity index (χ3n) is 5.26. The van der Waals surface area contributed by atoms with Crippen molar-refractivity contribution in [2.45, 2.75) is 69.5 Å². The van der Waals surface area contributed by atoms with Gasteiger partial charge in [0.2, 0.25) is 0 Å². The number of unbranched alkanes of at least 4 members (excludes halogenated alkanes) is 2. The number of nitrogens with one attached hydrogen (secondary N) is 5. The Balaban J connectivity index is 3.85. The van der Waals surface area contributed by atoms with Crippen molar-refractivity contribution in [2.24, 2.45) is 39.4 Å². The number of aliphatic imine (C=N–C) groups is 1. The van der Waals surface area contributed by atoms with Crippen LogP contribution in [0.15, 0.2) is 4.99 Å². The number of nitrogens with zero attached hydrogens (tertiary/aromatic N) is 1. The molecule has 15 nitrogen and oxygen atoms in total. The predicted octanol–water partition coefficient (Wildman–Crippen LogP) is -2.37. The standard InChI is InChI=1S/C21H48N12O3/c22-12-15(23)6-1-3-9-29-20(35)31-13-16(24)7-2-4-10-30-21(36)32-14-17(33-19(27)34)8-5-11-28-18(25)26/h15-17H,1-14,22-24H2,(H4,25,26,28)(H3,27,33,34)(H2,29,31,35)(H2,30,32,36). The number of hydrogen-bond donors (Lipinski definition) is 11. The van der Waals surface area contributed by atoms with Crippen molar-refractivity contribution in [3.05, 3.63) is 0 Å². The molecule has 15 heteroatoms. The Bertz CT molecular complexity index is 646. The van der Waals surface area contributed by atoms with E-state index in [9.17, 15) is 14.4 Å². The average molecular weight is 517 g/mol. The van der Waals surface area contributed by atoms with Crippen LogP contribution in [0.25, 0.3) is 0 Å². The third kappa shape index (κ3) is 21.5. The Morgan fingerprint density at radius 2 is 1.25 bits per heavy atom. The minimum atomic E-state index is -0.670. The number of guanidine groups is 1. The summed E-state index contributed by atoms with van der Waals surface area (Å²) < 4.78 is 0. The highest BCUT2D eigenvalue weighted by molar-refractivity contribution is 5.75. The van der Waals surface area contributed by atoms with Crippen LogP contribution in [0.3, 0.4) is 0 Å². The van der Waals surface area contributed by atoms with Crippen LogP contribution in [0.2, 0.25) is 0 Å². The Labute approximate surface area is 213 Å². The fourth-order valence-electron chi connectivity index (χ4n) is 3.22. The summed E-state index contributed by atoms with van der Waals surface area (Å²) in [7, 11) is 0. The number of amides is 6. The molecule has 0 bridgehead atoms. The molecule has 0 rings (SSSR count). The second-order valence-corrected chi connectivity index (χ2v) is 8.68. The maximum absolute atomic E-state index is 12.0. The van der Waals surface area contributed by atoms with Gasteiger partial charge >= 0.3 is 18.1 Å². The summed E-state index contributed by atoms with van der Waals surface area (Å²) in [5.74, 6) is 0.00112. The summed E-state index contributed by atoms with van der Waals surface area (Å²) in [5, 5.41) is 13.6. The third-order valence-corrected chi connectivity index (χ3v) is 5.26. The van der Waals surface area contributed by atoms with Gasteiger partial charge in [-0.3, -0.25) is 4.99 Å². The van der Waals surface area contributed by atoms with E-state index in [1.54, 1.807) is 0 Å². The van der Waals surface area contributed by atoms with Gasteiger partial charge < -0.3 is 61.0 Å². The minimum absolute atomic E-state index is 0.00112. The highest BCUT2D eigenvalue weighted by Gasteiger charge is 2.12. The zero-order chi connectivity index (χ0) is 27.2. The zero-order valence-electron chi connectivity index (χ0n) is 21.3. The van der Waals surface area contributed by atoms with Gasteiger partial charge in [-0.05, 0) is 38.5 Å². The fraction of sp³-hybridized carbons (Fsp3) is 0.810. The summed E-state index contributed by atoms with van der Waals surface area (Å²) in [4.78, 5) is 38.8. The first kappa shape index (κ1) is 33.0.